The third kappa shape index (κ3) is 5.18. The van der Waals surface area contributed by atoms with Crippen molar-refractivity contribution >= 4 is 39.3 Å². The van der Waals surface area contributed by atoms with Gasteiger partial charge in [0, 0.05) is 35.0 Å². The molecule has 3 aromatic carbocycles. The highest BCUT2D eigenvalue weighted by atomic mass is 35.5. The molecule has 0 saturated carbocycles. The first-order chi connectivity index (χ1) is 18.2. The van der Waals surface area contributed by atoms with Crippen molar-refractivity contribution in [1.29, 1.82) is 0 Å². The van der Waals surface area contributed by atoms with Crippen LogP contribution in [-0.2, 0) is 0 Å². The van der Waals surface area contributed by atoms with Gasteiger partial charge in [0.25, 0.3) is 5.91 Å². The first kappa shape index (κ1) is 25.6. The number of carbonyl (C=O) groups is 1. The molecular weight excluding hydrogens is 513 g/mol. The van der Waals surface area contributed by atoms with Crippen molar-refractivity contribution in [2.24, 2.45) is 0 Å². The zero-order valence-corrected chi connectivity index (χ0v) is 21.3. The number of amides is 1. The van der Waals surface area contributed by atoms with Crippen molar-refractivity contribution in [2.45, 2.75) is 0 Å². The molecule has 5 rings (SSSR count). The molecule has 0 aliphatic heterocycles. The Morgan fingerprint density at radius 3 is 2.18 bits per heavy atom. The lowest BCUT2D eigenvalue weighted by atomic mass is 9.98. The molecule has 0 fully saturated rings. The molecule has 1 amide bonds. The Hall–Kier alpha value is -4.01. The number of benzene rings is 3. The Morgan fingerprint density at radius 1 is 0.842 bits per heavy atom. The maximum Gasteiger partial charge on any atom is 0.252 e. The van der Waals surface area contributed by atoms with Crippen molar-refractivity contribution in [3.8, 4) is 22.5 Å². The fourth-order valence-corrected chi connectivity index (χ4v) is 4.41. The zero-order valence-electron chi connectivity index (χ0n) is 20.5. The smallest absolute Gasteiger partial charge is 0.252 e. The molecule has 5 nitrogen and oxygen atoms in total. The molecule has 0 radical (unpaired) electrons. The van der Waals surface area contributed by atoms with Crippen LogP contribution in [0.4, 0.5) is 13.2 Å². The summed E-state index contributed by atoms with van der Waals surface area (Å²) in [5.74, 6) is -1.92. The van der Waals surface area contributed by atoms with Crippen LogP contribution in [0.15, 0.2) is 66.7 Å². The summed E-state index contributed by atoms with van der Waals surface area (Å²) >= 11 is 6.01. The van der Waals surface area contributed by atoms with E-state index in [0.29, 0.717) is 57.4 Å². The number of hydrogen-bond donors (Lipinski definition) is 1. The van der Waals surface area contributed by atoms with Crippen molar-refractivity contribution < 1.29 is 18.0 Å². The van der Waals surface area contributed by atoms with E-state index >= 15 is 0 Å². The van der Waals surface area contributed by atoms with E-state index < -0.39 is 17.5 Å². The number of halogens is 4. The number of hydrogen-bond acceptors (Lipinski definition) is 4. The van der Waals surface area contributed by atoms with Crippen LogP contribution in [0.5, 0.6) is 0 Å². The first-order valence-corrected chi connectivity index (χ1v) is 12.2. The first-order valence-electron chi connectivity index (χ1n) is 11.8. The van der Waals surface area contributed by atoms with E-state index in [1.807, 2.05) is 19.0 Å². The van der Waals surface area contributed by atoms with E-state index in [-0.39, 0.29) is 16.5 Å². The Kier molecular flexibility index (Phi) is 7.01. The molecule has 192 valence electrons. The van der Waals surface area contributed by atoms with Crippen molar-refractivity contribution in [1.82, 2.24) is 20.2 Å². The summed E-state index contributed by atoms with van der Waals surface area (Å²) in [5, 5.41) is 3.62. The van der Waals surface area contributed by atoms with Gasteiger partial charge in [0.1, 0.15) is 17.5 Å². The van der Waals surface area contributed by atoms with Gasteiger partial charge in [0.05, 0.1) is 33.0 Å². The lowest BCUT2D eigenvalue weighted by Crippen LogP contribution is -2.31. The fourth-order valence-electron chi connectivity index (χ4n) is 4.23. The summed E-state index contributed by atoms with van der Waals surface area (Å²) in [6.07, 6.45) is 0. The van der Waals surface area contributed by atoms with E-state index in [9.17, 15) is 18.0 Å². The van der Waals surface area contributed by atoms with Crippen LogP contribution >= 0.6 is 11.6 Å². The van der Waals surface area contributed by atoms with Gasteiger partial charge in [0.15, 0.2) is 0 Å². The number of fused-ring (bicyclic) bond motifs is 2. The minimum atomic E-state index is -0.563. The standard InChI is InChI=1S/C29H22ClF3N4O/c1-37(2)10-9-34-29(38)22-15-28(36-26-8-5-18(32)13-20(22)26)21-14-27(16-3-6-24(33)23(30)11-16)35-25-7-4-17(31)12-19(21)25/h3-8,11-15H,9-10H2,1-2H3,(H,34,38). The molecule has 1 N–H and O–H groups in total. The maximum atomic E-state index is 14.3. The molecule has 0 atom stereocenters. The molecule has 9 heteroatoms. The van der Waals surface area contributed by atoms with Crippen LogP contribution < -0.4 is 5.32 Å². The number of likely N-dealkylation sites (N-methyl/N-ethyl adjacent to an activating group) is 1. The molecule has 0 saturated heterocycles. The number of nitrogens with one attached hydrogen (secondary N) is 1. The lowest BCUT2D eigenvalue weighted by Gasteiger charge is -2.14. The largest absolute Gasteiger partial charge is 0.351 e. The highest BCUT2D eigenvalue weighted by molar-refractivity contribution is 6.31. The van der Waals surface area contributed by atoms with Gasteiger partial charge in [-0.15, -0.1) is 0 Å². The highest BCUT2D eigenvalue weighted by Gasteiger charge is 2.18. The topological polar surface area (TPSA) is 58.1 Å². The van der Waals surface area contributed by atoms with Gasteiger partial charge < -0.3 is 10.2 Å². The Morgan fingerprint density at radius 2 is 1.50 bits per heavy atom. The summed E-state index contributed by atoms with van der Waals surface area (Å²) in [6.45, 7) is 1.01. The Bertz CT molecular complexity index is 1710. The SMILES string of the molecule is CN(C)CCNC(=O)c1cc(-c2cc(-c3ccc(F)c(Cl)c3)nc3ccc(F)cc23)nc2ccc(F)cc12. The molecular formula is C29H22ClF3N4O. The quantitative estimate of drug-likeness (QED) is 0.271. The summed E-state index contributed by atoms with van der Waals surface area (Å²) in [7, 11) is 3.78. The summed E-state index contributed by atoms with van der Waals surface area (Å²) in [5.41, 5.74) is 2.97. The maximum absolute atomic E-state index is 14.3. The molecule has 2 aromatic heterocycles. The van der Waals surface area contributed by atoms with Gasteiger partial charge in [-0.2, -0.15) is 0 Å². The number of rotatable bonds is 6. The number of aromatic nitrogens is 2. The molecule has 0 bridgehead atoms. The molecule has 2 heterocycles. The number of nitrogens with zero attached hydrogens (tertiary/aromatic N) is 3. The third-order valence-corrected chi connectivity index (χ3v) is 6.41. The molecule has 0 unspecified atom stereocenters. The Labute approximate surface area is 221 Å². The van der Waals surface area contributed by atoms with Crippen molar-refractivity contribution in [2.75, 3.05) is 27.2 Å². The number of carbonyl (C=O) groups excluding carboxylic acids is 1. The van der Waals surface area contributed by atoms with E-state index in [1.54, 1.807) is 18.2 Å². The molecule has 0 aliphatic carbocycles. The summed E-state index contributed by atoms with van der Waals surface area (Å²) in [6, 6.07) is 15.7. The monoisotopic (exact) mass is 534 g/mol. The van der Waals surface area contributed by atoms with E-state index in [2.05, 4.69) is 10.3 Å². The van der Waals surface area contributed by atoms with Gasteiger partial charge in [-0.1, -0.05) is 11.6 Å². The van der Waals surface area contributed by atoms with E-state index in [4.69, 9.17) is 16.6 Å². The second-order valence-corrected chi connectivity index (χ2v) is 9.53. The summed E-state index contributed by atoms with van der Waals surface area (Å²) < 4.78 is 42.3. The van der Waals surface area contributed by atoms with Gasteiger partial charge in [-0.05, 0) is 80.8 Å². The van der Waals surface area contributed by atoms with Crippen LogP contribution in [-0.4, -0.2) is 48.0 Å². The van der Waals surface area contributed by atoms with Crippen LogP contribution in [0.1, 0.15) is 10.4 Å². The average Bonchev–Trinajstić information content (AvgIpc) is 2.88. The lowest BCUT2D eigenvalue weighted by molar-refractivity contribution is 0.0952. The second kappa shape index (κ2) is 10.4. The van der Waals surface area contributed by atoms with Gasteiger partial charge in [-0.3, -0.25) is 4.79 Å². The van der Waals surface area contributed by atoms with Gasteiger partial charge in [-0.25, -0.2) is 23.1 Å². The second-order valence-electron chi connectivity index (χ2n) is 9.12. The predicted octanol–water partition coefficient (Wildman–Crippen LogP) is 6.48. The predicted molar refractivity (Wildman–Crippen MR) is 144 cm³/mol. The van der Waals surface area contributed by atoms with Crippen LogP contribution in [0, 0.1) is 17.5 Å². The van der Waals surface area contributed by atoms with E-state index in [1.165, 1.54) is 48.5 Å². The van der Waals surface area contributed by atoms with Crippen molar-refractivity contribution in [3.05, 3.63) is 94.8 Å². The Balaban J connectivity index is 1.73. The molecule has 5 aromatic rings. The van der Waals surface area contributed by atoms with Gasteiger partial charge >= 0.3 is 0 Å². The molecule has 0 aliphatic rings. The van der Waals surface area contributed by atoms with Crippen LogP contribution in [0.3, 0.4) is 0 Å². The zero-order chi connectivity index (χ0) is 27.0. The molecule has 38 heavy (non-hydrogen) atoms. The van der Waals surface area contributed by atoms with Gasteiger partial charge in [0.2, 0.25) is 0 Å². The normalized spacial score (nSPS) is 11.4. The fraction of sp³-hybridized carbons (Fsp3) is 0.138. The van der Waals surface area contributed by atoms with E-state index in [0.717, 1.165) is 0 Å². The molecule has 0 spiro atoms. The average molecular weight is 535 g/mol. The minimum absolute atomic E-state index is 0.0624. The van der Waals surface area contributed by atoms with Crippen LogP contribution in [0.25, 0.3) is 44.3 Å². The summed E-state index contributed by atoms with van der Waals surface area (Å²) in [4.78, 5) is 24.5. The minimum Gasteiger partial charge on any atom is -0.351 e. The highest BCUT2D eigenvalue weighted by Crippen LogP contribution is 2.34. The third-order valence-electron chi connectivity index (χ3n) is 6.12. The van der Waals surface area contributed by atoms with Crippen LogP contribution in [0.2, 0.25) is 5.02 Å². The number of pyridine rings is 2. The van der Waals surface area contributed by atoms with Crippen molar-refractivity contribution in [3.63, 3.8) is 0 Å².